The van der Waals surface area contributed by atoms with Gasteiger partial charge in [0.2, 0.25) is 0 Å². The summed E-state index contributed by atoms with van der Waals surface area (Å²) in [6.07, 6.45) is 4.98. The molecular weight excluding hydrogens is 378 g/mol. The second-order valence-electron chi connectivity index (χ2n) is 6.84. The SMILES string of the molecule is CN=C(NCc1nccn1C(F)F)NCC(c1ccccc1OC)N1CCCC1. The molecule has 1 aromatic carbocycles. The Morgan fingerprint density at radius 2 is 2.00 bits per heavy atom. The van der Waals surface area contributed by atoms with Gasteiger partial charge in [0.15, 0.2) is 5.96 Å². The van der Waals surface area contributed by atoms with Gasteiger partial charge >= 0.3 is 6.55 Å². The number of aromatic nitrogens is 2. The number of aliphatic imine (C=N–C) groups is 1. The summed E-state index contributed by atoms with van der Waals surface area (Å²) in [7, 11) is 3.34. The van der Waals surface area contributed by atoms with Crippen molar-refractivity contribution in [3.63, 3.8) is 0 Å². The Morgan fingerprint density at radius 1 is 1.24 bits per heavy atom. The van der Waals surface area contributed by atoms with E-state index >= 15 is 0 Å². The molecule has 3 rings (SSSR count). The minimum Gasteiger partial charge on any atom is -0.496 e. The largest absolute Gasteiger partial charge is 0.496 e. The van der Waals surface area contributed by atoms with Crippen LogP contribution in [0.25, 0.3) is 0 Å². The Bertz CT molecular complexity index is 804. The van der Waals surface area contributed by atoms with Gasteiger partial charge in [0.1, 0.15) is 11.6 Å². The highest BCUT2D eigenvalue weighted by atomic mass is 19.3. The van der Waals surface area contributed by atoms with Crippen LogP contribution in [0.3, 0.4) is 0 Å². The second kappa shape index (κ2) is 10.2. The quantitative estimate of drug-likeness (QED) is 0.521. The molecular formula is C20H28F2N6O. The third kappa shape index (κ3) is 5.23. The maximum atomic E-state index is 13.0. The molecule has 0 aliphatic carbocycles. The van der Waals surface area contributed by atoms with Crippen molar-refractivity contribution < 1.29 is 13.5 Å². The van der Waals surface area contributed by atoms with E-state index in [1.165, 1.54) is 25.2 Å². The number of hydrogen-bond donors (Lipinski definition) is 2. The Morgan fingerprint density at radius 3 is 2.69 bits per heavy atom. The zero-order valence-electron chi connectivity index (χ0n) is 16.8. The number of guanidine groups is 1. The van der Waals surface area contributed by atoms with Gasteiger partial charge in [-0.3, -0.25) is 14.5 Å². The number of nitrogens with zero attached hydrogens (tertiary/aromatic N) is 4. The van der Waals surface area contributed by atoms with Gasteiger partial charge < -0.3 is 15.4 Å². The van der Waals surface area contributed by atoms with E-state index in [4.69, 9.17) is 4.74 Å². The molecule has 1 unspecified atom stereocenters. The standard InChI is InChI=1S/C20H28F2N6O/c1-23-20(26-14-18-24-9-12-28(18)19(21)22)25-13-16(27-10-5-6-11-27)15-7-3-4-8-17(15)29-2/h3-4,7-9,12,16,19H,5-6,10-11,13-14H2,1-2H3,(H2,23,25,26). The molecule has 2 heterocycles. The summed E-state index contributed by atoms with van der Waals surface area (Å²) in [6, 6.07) is 8.14. The van der Waals surface area contributed by atoms with E-state index in [1.807, 2.05) is 18.2 Å². The van der Waals surface area contributed by atoms with Crippen LogP contribution in [0.5, 0.6) is 5.75 Å². The van der Waals surface area contributed by atoms with Crippen molar-refractivity contribution in [3.05, 3.63) is 48.0 Å². The maximum absolute atomic E-state index is 13.0. The molecule has 1 atom stereocenters. The van der Waals surface area contributed by atoms with Crippen molar-refractivity contribution in [1.82, 2.24) is 25.1 Å². The highest BCUT2D eigenvalue weighted by molar-refractivity contribution is 5.79. The zero-order chi connectivity index (χ0) is 20.6. The first-order valence-electron chi connectivity index (χ1n) is 9.75. The lowest BCUT2D eigenvalue weighted by Gasteiger charge is -2.30. The van der Waals surface area contributed by atoms with Crippen LogP contribution in [0.1, 0.15) is 36.8 Å². The predicted octanol–water partition coefficient (Wildman–Crippen LogP) is 2.79. The number of likely N-dealkylation sites (tertiary alicyclic amines) is 1. The maximum Gasteiger partial charge on any atom is 0.319 e. The van der Waals surface area contributed by atoms with E-state index in [9.17, 15) is 8.78 Å². The summed E-state index contributed by atoms with van der Waals surface area (Å²) >= 11 is 0. The van der Waals surface area contributed by atoms with Crippen molar-refractivity contribution in [1.29, 1.82) is 0 Å². The molecule has 0 bridgehead atoms. The molecule has 1 saturated heterocycles. The van der Waals surface area contributed by atoms with Crippen LogP contribution in [0.15, 0.2) is 41.7 Å². The molecule has 0 saturated carbocycles. The number of alkyl halides is 2. The normalized spacial score (nSPS) is 16.2. The second-order valence-corrected chi connectivity index (χ2v) is 6.84. The number of methoxy groups -OCH3 is 1. The molecule has 7 nitrogen and oxygen atoms in total. The van der Waals surface area contributed by atoms with Crippen LogP contribution in [-0.2, 0) is 6.54 Å². The summed E-state index contributed by atoms with van der Waals surface area (Å²) in [6.45, 7) is 0.211. The van der Waals surface area contributed by atoms with E-state index in [0.717, 1.165) is 29.0 Å². The van der Waals surface area contributed by atoms with Crippen molar-refractivity contribution in [2.24, 2.45) is 4.99 Å². The van der Waals surface area contributed by atoms with Gasteiger partial charge in [0.05, 0.1) is 19.7 Å². The number of benzene rings is 1. The molecule has 29 heavy (non-hydrogen) atoms. The smallest absolute Gasteiger partial charge is 0.319 e. The molecule has 0 radical (unpaired) electrons. The molecule has 2 aromatic rings. The van der Waals surface area contributed by atoms with Gasteiger partial charge in [-0.05, 0) is 32.0 Å². The molecule has 158 valence electrons. The number of ether oxygens (including phenoxy) is 1. The number of rotatable bonds is 8. The van der Waals surface area contributed by atoms with Crippen molar-refractivity contribution in [3.8, 4) is 5.75 Å². The molecule has 1 aromatic heterocycles. The average Bonchev–Trinajstić information content (AvgIpc) is 3.43. The van der Waals surface area contributed by atoms with Crippen LogP contribution in [-0.4, -0.2) is 54.2 Å². The van der Waals surface area contributed by atoms with Gasteiger partial charge in [0.25, 0.3) is 0 Å². The van der Waals surface area contributed by atoms with E-state index < -0.39 is 6.55 Å². The van der Waals surface area contributed by atoms with Crippen molar-refractivity contribution in [2.75, 3.05) is 33.8 Å². The minimum atomic E-state index is -2.62. The fourth-order valence-electron chi connectivity index (χ4n) is 3.67. The Kier molecular flexibility index (Phi) is 7.40. The molecule has 9 heteroatoms. The van der Waals surface area contributed by atoms with Crippen LogP contribution < -0.4 is 15.4 Å². The monoisotopic (exact) mass is 406 g/mol. The molecule has 2 N–H and O–H groups in total. The number of para-hydroxylation sites is 1. The van der Waals surface area contributed by atoms with Gasteiger partial charge in [-0.1, -0.05) is 18.2 Å². The van der Waals surface area contributed by atoms with Crippen molar-refractivity contribution in [2.45, 2.75) is 32.0 Å². The van der Waals surface area contributed by atoms with Crippen LogP contribution >= 0.6 is 0 Å². The van der Waals surface area contributed by atoms with E-state index in [0.29, 0.717) is 12.5 Å². The van der Waals surface area contributed by atoms with Crippen molar-refractivity contribution >= 4 is 5.96 Å². The summed E-state index contributed by atoms with van der Waals surface area (Å²) in [5, 5.41) is 6.39. The van der Waals surface area contributed by atoms with Gasteiger partial charge in [-0.25, -0.2) is 4.98 Å². The zero-order valence-corrected chi connectivity index (χ0v) is 16.8. The lowest BCUT2D eigenvalue weighted by molar-refractivity contribution is 0.0668. The highest BCUT2D eigenvalue weighted by Gasteiger charge is 2.26. The third-order valence-electron chi connectivity index (χ3n) is 5.14. The fourth-order valence-corrected chi connectivity index (χ4v) is 3.67. The lowest BCUT2D eigenvalue weighted by atomic mass is 10.0. The van der Waals surface area contributed by atoms with E-state index in [-0.39, 0.29) is 18.4 Å². The summed E-state index contributed by atoms with van der Waals surface area (Å²) < 4.78 is 32.4. The summed E-state index contributed by atoms with van der Waals surface area (Å²) in [5.41, 5.74) is 1.12. The van der Waals surface area contributed by atoms with Crippen LogP contribution in [0, 0.1) is 0 Å². The molecule has 0 amide bonds. The number of hydrogen-bond acceptors (Lipinski definition) is 4. The first kappa shape index (κ1) is 21.0. The van der Waals surface area contributed by atoms with Crippen LogP contribution in [0.2, 0.25) is 0 Å². The lowest BCUT2D eigenvalue weighted by Crippen LogP contribution is -2.42. The summed E-state index contributed by atoms with van der Waals surface area (Å²) in [4.78, 5) is 10.6. The van der Waals surface area contributed by atoms with E-state index in [1.54, 1.807) is 14.2 Å². The Labute approximate surface area is 169 Å². The third-order valence-corrected chi connectivity index (χ3v) is 5.14. The first-order chi connectivity index (χ1) is 14.1. The summed E-state index contributed by atoms with van der Waals surface area (Å²) in [5.74, 6) is 1.64. The van der Waals surface area contributed by atoms with Gasteiger partial charge in [-0.2, -0.15) is 8.78 Å². The predicted molar refractivity (Wildman–Crippen MR) is 108 cm³/mol. The van der Waals surface area contributed by atoms with Crippen LogP contribution in [0.4, 0.5) is 8.78 Å². The number of imidazole rings is 1. The number of nitrogens with one attached hydrogen (secondary N) is 2. The van der Waals surface area contributed by atoms with Gasteiger partial charge in [-0.15, -0.1) is 0 Å². The Hall–Kier alpha value is -2.68. The molecule has 0 spiro atoms. The average molecular weight is 406 g/mol. The fraction of sp³-hybridized carbons (Fsp3) is 0.500. The molecule has 1 aliphatic rings. The number of halogens is 2. The Balaban J connectivity index is 1.66. The van der Waals surface area contributed by atoms with E-state index in [2.05, 4.69) is 31.6 Å². The first-order valence-corrected chi connectivity index (χ1v) is 9.75. The minimum absolute atomic E-state index is 0.121. The highest BCUT2D eigenvalue weighted by Crippen LogP contribution is 2.31. The topological polar surface area (TPSA) is 66.7 Å². The molecule has 1 fully saturated rings. The molecule has 1 aliphatic heterocycles. The van der Waals surface area contributed by atoms with Gasteiger partial charge in [0, 0.05) is 31.5 Å².